The van der Waals surface area contributed by atoms with Crippen LogP contribution in [-0.4, -0.2) is 67.7 Å². The number of hydrogen-bond donors (Lipinski definition) is 1. The summed E-state index contributed by atoms with van der Waals surface area (Å²) in [5.74, 6) is 0.137. The van der Waals surface area contributed by atoms with Crippen molar-refractivity contribution < 1.29 is 9.53 Å². The summed E-state index contributed by atoms with van der Waals surface area (Å²) in [6.45, 7) is 11.6. The Morgan fingerprint density at radius 2 is 2.00 bits per heavy atom. The summed E-state index contributed by atoms with van der Waals surface area (Å²) in [7, 11) is 0. The van der Waals surface area contributed by atoms with Gasteiger partial charge < -0.3 is 15.4 Å². The Morgan fingerprint density at radius 1 is 1.33 bits per heavy atom. The van der Waals surface area contributed by atoms with Crippen LogP contribution in [0, 0.1) is 5.92 Å². The number of carbonyl (C=O) groups excluding carboxylic acids is 1. The Balaban J connectivity index is 0. The van der Waals surface area contributed by atoms with E-state index in [0.717, 1.165) is 45.8 Å². The van der Waals surface area contributed by atoms with Crippen molar-refractivity contribution in [1.29, 1.82) is 0 Å². The van der Waals surface area contributed by atoms with E-state index in [1.165, 1.54) is 0 Å². The molecular formula is C14H31Cl2N3O2. The van der Waals surface area contributed by atoms with Gasteiger partial charge in [0.1, 0.15) is 0 Å². The van der Waals surface area contributed by atoms with Crippen LogP contribution in [0.1, 0.15) is 27.2 Å². The normalized spacial score (nSPS) is 20.4. The molecule has 0 aromatic carbocycles. The van der Waals surface area contributed by atoms with Crippen molar-refractivity contribution in [3.05, 3.63) is 0 Å². The fourth-order valence-corrected chi connectivity index (χ4v) is 2.51. The molecule has 1 rings (SSSR count). The quantitative estimate of drug-likeness (QED) is 0.709. The molecule has 1 amide bonds. The van der Waals surface area contributed by atoms with E-state index >= 15 is 0 Å². The molecule has 0 saturated carbocycles. The molecule has 7 heteroatoms. The van der Waals surface area contributed by atoms with Crippen LogP contribution in [0.25, 0.3) is 0 Å². The van der Waals surface area contributed by atoms with E-state index in [1.54, 1.807) is 0 Å². The van der Waals surface area contributed by atoms with Crippen LogP contribution in [0.2, 0.25) is 0 Å². The topological polar surface area (TPSA) is 58.8 Å². The zero-order chi connectivity index (χ0) is 14.3. The highest BCUT2D eigenvalue weighted by molar-refractivity contribution is 5.85. The smallest absolute Gasteiger partial charge is 0.226 e. The van der Waals surface area contributed by atoms with Crippen molar-refractivity contribution in [2.24, 2.45) is 11.7 Å². The Hall–Kier alpha value is -0.0700. The molecule has 5 nitrogen and oxygen atoms in total. The number of hydrogen-bond acceptors (Lipinski definition) is 4. The fourth-order valence-electron chi connectivity index (χ4n) is 2.51. The maximum atomic E-state index is 12.2. The number of nitrogens with zero attached hydrogens (tertiary/aromatic N) is 2. The van der Waals surface area contributed by atoms with Crippen molar-refractivity contribution in [2.45, 2.75) is 33.2 Å². The van der Waals surface area contributed by atoms with Crippen molar-refractivity contribution >= 4 is 30.7 Å². The first-order valence-electron chi connectivity index (χ1n) is 7.44. The lowest BCUT2D eigenvalue weighted by Crippen LogP contribution is -2.56. The molecule has 0 bridgehead atoms. The second-order valence-electron chi connectivity index (χ2n) is 5.22. The van der Waals surface area contributed by atoms with Gasteiger partial charge in [0.05, 0.1) is 6.61 Å². The van der Waals surface area contributed by atoms with Gasteiger partial charge in [-0.3, -0.25) is 9.69 Å². The standard InChI is InChI=1S/C14H29N3O2.2ClH/c1-4-13-11-17(14(18)12(3)10-15)7-6-16(13)8-9-19-5-2;;/h12-13H,4-11,15H2,1-3H3;2*1H. The molecule has 1 saturated heterocycles. The average molecular weight is 344 g/mol. The Labute approximate surface area is 141 Å². The second kappa shape index (κ2) is 12.5. The van der Waals surface area contributed by atoms with Gasteiger partial charge in [0.15, 0.2) is 0 Å². The van der Waals surface area contributed by atoms with Gasteiger partial charge in [0.25, 0.3) is 0 Å². The van der Waals surface area contributed by atoms with E-state index in [9.17, 15) is 4.79 Å². The third kappa shape index (κ3) is 7.15. The molecule has 1 heterocycles. The number of ether oxygens (including phenoxy) is 1. The maximum Gasteiger partial charge on any atom is 0.226 e. The molecule has 1 fully saturated rings. The van der Waals surface area contributed by atoms with Crippen molar-refractivity contribution in [3.8, 4) is 0 Å². The third-order valence-electron chi connectivity index (χ3n) is 3.89. The predicted molar refractivity (Wildman–Crippen MR) is 91.4 cm³/mol. The molecule has 2 atom stereocenters. The first-order valence-corrected chi connectivity index (χ1v) is 7.44. The summed E-state index contributed by atoms with van der Waals surface area (Å²) in [6, 6.07) is 0.447. The minimum absolute atomic E-state index is 0. The summed E-state index contributed by atoms with van der Waals surface area (Å²) < 4.78 is 5.42. The van der Waals surface area contributed by atoms with Crippen molar-refractivity contribution in [3.63, 3.8) is 0 Å². The van der Waals surface area contributed by atoms with Crippen LogP contribution in [0.5, 0.6) is 0 Å². The van der Waals surface area contributed by atoms with Gasteiger partial charge in [0.2, 0.25) is 5.91 Å². The number of amides is 1. The van der Waals surface area contributed by atoms with E-state index in [2.05, 4.69) is 11.8 Å². The van der Waals surface area contributed by atoms with Gasteiger partial charge >= 0.3 is 0 Å². The van der Waals surface area contributed by atoms with Gasteiger partial charge in [-0.15, -0.1) is 24.8 Å². The molecule has 0 aliphatic carbocycles. The second-order valence-corrected chi connectivity index (χ2v) is 5.22. The first-order chi connectivity index (χ1) is 9.13. The first kappa shape index (κ1) is 23.2. The van der Waals surface area contributed by atoms with Crippen LogP contribution in [0.4, 0.5) is 0 Å². The lowest BCUT2D eigenvalue weighted by atomic mass is 10.1. The maximum absolute atomic E-state index is 12.2. The van der Waals surface area contributed by atoms with Crippen molar-refractivity contribution in [2.75, 3.05) is 45.9 Å². The molecule has 1 aliphatic heterocycles. The summed E-state index contributed by atoms with van der Waals surface area (Å²) in [4.78, 5) is 16.6. The van der Waals surface area contributed by atoms with Crippen LogP contribution in [-0.2, 0) is 9.53 Å². The molecular weight excluding hydrogens is 313 g/mol. The average Bonchev–Trinajstić information content (AvgIpc) is 2.46. The number of rotatable bonds is 7. The van der Waals surface area contributed by atoms with Crippen LogP contribution >= 0.6 is 24.8 Å². The number of nitrogens with two attached hydrogens (primary N) is 1. The van der Waals surface area contributed by atoms with E-state index in [1.807, 2.05) is 18.7 Å². The molecule has 0 radical (unpaired) electrons. The fraction of sp³-hybridized carbons (Fsp3) is 0.929. The predicted octanol–water partition coefficient (Wildman–Crippen LogP) is 1.38. The number of carbonyl (C=O) groups is 1. The summed E-state index contributed by atoms with van der Waals surface area (Å²) in [6.07, 6.45) is 1.06. The zero-order valence-electron chi connectivity index (χ0n) is 13.4. The highest BCUT2D eigenvalue weighted by Crippen LogP contribution is 2.14. The van der Waals surface area contributed by atoms with Crippen LogP contribution in [0.15, 0.2) is 0 Å². The summed E-state index contributed by atoms with van der Waals surface area (Å²) in [5.41, 5.74) is 5.58. The molecule has 0 aromatic heterocycles. The monoisotopic (exact) mass is 343 g/mol. The highest BCUT2D eigenvalue weighted by atomic mass is 35.5. The Kier molecular flexibility index (Phi) is 13.8. The van der Waals surface area contributed by atoms with Gasteiger partial charge in [-0.25, -0.2) is 0 Å². The van der Waals surface area contributed by atoms with E-state index in [-0.39, 0.29) is 36.6 Å². The molecule has 128 valence electrons. The highest BCUT2D eigenvalue weighted by Gasteiger charge is 2.29. The minimum Gasteiger partial charge on any atom is -0.380 e. The molecule has 2 N–H and O–H groups in total. The van der Waals surface area contributed by atoms with Gasteiger partial charge in [-0.1, -0.05) is 13.8 Å². The largest absolute Gasteiger partial charge is 0.380 e. The zero-order valence-corrected chi connectivity index (χ0v) is 15.0. The van der Waals surface area contributed by atoms with Gasteiger partial charge in [0, 0.05) is 51.3 Å². The lowest BCUT2D eigenvalue weighted by Gasteiger charge is -2.41. The molecule has 1 aliphatic rings. The van der Waals surface area contributed by atoms with Crippen LogP contribution < -0.4 is 5.73 Å². The third-order valence-corrected chi connectivity index (χ3v) is 3.89. The number of piperazine rings is 1. The van der Waals surface area contributed by atoms with Gasteiger partial charge in [-0.2, -0.15) is 0 Å². The number of halogens is 2. The SMILES string of the molecule is CCOCCN1CCN(C(=O)C(C)CN)CC1CC.Cl.Cl. The molecule has 21 heavy (non-hydrogen) atoms. The molecule has 0 aromatic rings. The van der Waals surface area contributed by atoms with Crippen molar-refractivity contribution in [1.82, 2.24) is 9.80 Å². The van der Waals surface area contributed by atoms with Gasteiger partial charge in [-0.05, 0) is 13.3 Å². The Morgan fingerprint density at radius 3 is 2.52 bits per heavy atom. The summed E-state index contributed by atoms with van der Waals surface area (Å²) in [5, 5.41) is 0. The lowest BCUT2D eigenvalue weighted by molar-refractivity contribution is -0.138. The van der Waals surface area contributed by atoms with E-state index < -0.39 is 0 Å². The minimum atomic E-state index is -0.0625. The van der Waals surface area contributed by atoms with Crippen LogP contribution in [0.3, 0.4) is 0 Å². The Bertz CT molecular complexity index is 283. The molecule has 2 unspecified atom stereocenters. The molecule has 0 spiro atoms. The van der Waals surface area contributed by atoms with E-state index in [0.29, 0.717) is 12.6 Å². The van der Waals surface area contributed by atoms with E-state index in [4.69, 9.17) is 10.5 Å². The summed E-state index contributed by atoms with van der Waals surface area (Å²) >= 11 is 0.